The molecule has 2 aromatic rings. The highest BCUT2D eigenvalue weighted by atomic mass is 16.4. The van der Waals surface area contributed by atoms with Crippen LogP contribution in [0.25, 0.3) is 10.8 Å². The van der Waals surface area contributed by atoms with E-state index in [1.54, 1.807) is 18.2 Å². The fourth-order valence-corrected chi connectivity index (χ4v) is 2.38. The number of carbonyl (C=O) groups is 2. The third kappa shape index (κ3) is 3.73. The molecule has 0 fully saturated rings. The number of fused-ring (bicyclic) bond motifs is 1. The third-order valence-electron chi connectivity index (χ3n) is 3.54. The van der Waals surface area contributed by atoms with Gasteiger partial charge in [0.1, 0.15) is 6.04 Å². The van der Waals surface area contributed by atoms with Crippen LogP contribution < -0.4 is 5.32 Å². The van der Waals surface area contributed by atoms with Crippen LogP contribution in [0.15, 0.2) is 55.1 Å². The molecule has 0 spiro atoms. The number of carboxylic acid groups (broad SMARTS) is 1. The molecule has 0 aliphatic heterocycles. The van der Waals surface area contributed by atoms with Crippen molar-refractivity contribution in [3.63, 3.8) is 0 Å². The zero-order valence-corrected chi connectivity index (χ0v) is 12.3. The van der Waals surface area contributed by atoms with E-state index >= 15 is 0 Å². The number of rotatable bonds is 7. The van der Waals surface area contributed by atoms with E-state index in [4.69, 9.17) is 0 Å². The smallest absolute Gasteiger partial charge is 0.326 e. The normalized spacial score (nSPS) is 11.8. The molecule has 4 nitrogen and oxygen atoms in total. The highest BCUT2D eigenvalue weighted by Crippen LogP contribution is 2.18. The molecule has 2 N–H and O–H groups in total. The highest BCUT2D eigenvalue weighted by Gasteiger charge is 2.20. The summed E-state index contributed by atoms with van der Waals surface area (Å²) < 4.78 is 0. The lowest BCUT2D eigenvalue weighted by Gasteiger charge is -2.15. The summed E-state index contributed by atoms with van der Waals surface area (Å²) in [5.41, 5.74) is 0.494. The molecule has 114 valence electrons. The lowest BCUT2D eigenvalue weighted by atomic mass is 10.0. The molecule has 2 aromatic carbocycles. The van der Waals surface area contributed by atoms with E-state index in [9.17, 15) is 14.7 Å². The highest BCUT2D eigenvalue weighted by molar-refractivity contribution is 6.07. The van der Waals surface area contributed by atoms with Crippen LogP contribution in [-0.4, -0.2) is 23.0 Å². The van der Waals surface area contributed by atoms with Crippen molar-refractivity contribution >= 4 is 22.6 Å². The molecule has 0 heterocycles. The first-order chi connectivity index (χ1) is 10.6. The van der Waals surface area contributed by atoms with E-state index in [2.05, 4.69) is 11.9 Å². The Hall–Kier alpha value is -2.62. The Kier molecular flexibility index (Phi) is 5.31. The minimum atomic E-state index is -1.02. The van der Waals surface area contributed by atoms with Gasteiger partial charge in [0.15, 0.2) is 0 Å². The van der Waals surface area contributed by atoms with Crippen LogP contribution in [0, 0.1) is 0 Å². The van der Waals surface area contributed by atoms with Crippen LogP contribution in [0.1, 0.15) is 29.6 Å². The van der Waals surface area contributed by atoms with Crippen LogP contribution >= 0.6 is 0 Å². The summed E-state index contributed by atoms with van der Waals surface area (Å²) in [4.78, 5) is 23.7. The van der Waals surface area contributed by atoms with Crippen molar-refractivity contribution in [3.05, 3.63) is 60.7 Å². The minimum absolute atomic E-state index is 0.359. The molecule has 0 bridgehead atoms. The van der Waals surface area contributed by atoms with Gasteiger partial charge < -0.3 is 10.4 Å². The number of benzene rings is 2. The molecule has 0 aliphatic rings. The molecule has 0 saturated carbocycles. The van der Waals surface area contributed by atoms with Crippen LogP contribution in [-0.2, 0) is 4.79 Å². The Morgan fingerprint density at radius 1 is 1.18 bits per heavy atom. The number of hydrogen-bond donors (Lipinski definition) is 2. The topological polar surface area (TPSA) is 66.4 Å². The predicted octanol–water partition coefficient (Wildman–Crippen LogP) is 3.38. The second kappa shape index (κ2) is 7.41. The van der Waals surface area contributed by atoms with Gasteiger partial charge in [-0.2, -0.15) is 0 Å². The van der Waals surface area contributed by atoms with Crippen molar-refractivity contribution in [2.75, 3.05) is 0 Å². The molecular weight excluding hydrogens is 278 g/mol. The molecule has 0 saturated heterocycles. The SMILES string of the molecule is C=CCCC[C@@H](NC(=O)c1cccc2ccccc12)C(=O)O. The summed E-state index contributed by atoms with van der Waals surface area (Å²) in [6.07, 6.45) is 3.54. The second-order valence-corrected chi connectivity index (χ2v) is 5.11. The first-order valence-electron chi connectivity index (χ1n) is 7.26. The van der Waals surface area contributed by atoms with Crippen LogP contribution in [0.3, 0.4) is 0 Å². The van der Waals surface area contributed by atoms with Crippen LogP contribution in [0.4, 0.5) is 0 Å². The maximum Gasteiger partial charge on any atom is 0.326 e. The van der Waals surface area contributed by atoms with Gasteiger partial charge in [-0.05, 0) is 36.1 Å². The van der Waals surface area contributed by atoms with Gasteiger partial charge in [0.2, 0.25) is 0 Å². The van der Waals surface area contributed by atoms with Gasteiger partial charge in [0.05, 0.1) is 0 Å². The average Bonchev–Trinajstić information content (AvgIpc) is 2.53. The van der Waals surface area contributed by atoms with Crippen molar-refractivity contribution in [1.29, 1.82) is 0 Å². The second-order valence-electron chi connectivity index (χ2n) is 5.11. The molecule has 0 aliphatic carbocycles. The summed E-state index contributed by atoms with van der Waals surface area (Å²) in [6, 6.07) is 12.1. The zero-order chi connectivity index (χ0) is 15.9. The van der Waals surface area contributed by atoms with Crippen molar-refractivity contribution in [2.45, 2.75) is 25.3 Å². The Morgan fingerprint density at radius 3 is 2.64 bits per heavy atom. The molecule has 22 heavy (non-hydrogen) atoms. The Balaban J connectivity index is 2.18. The van der Waals surface area contributed by atoms with Gasteiger partial charge in [-0.1, -0.05) is 42.5 Å². The van der Waals surface area contributed by atoms with Crippen molar-refractivity contribution in [1.82, 2.24) is 5.32 Å². The van der Waals surface area contributed by atoms with Crippen molar-refractivity contribution in [2.24, 2.45) is 0 Å². The average molecular weight is 297 g/mol. The lowest BCUT2D eigenvalue weighted by molar-refractivity contribution is -0.139. The quantitative estimate of drug-likeness (QED) is 0.608. The van der Waals surface area contributed by atoms with Crippen molar-refractivity contribution < 1.29 is 14.7 Å². The molecule has 0 radical (unpaired) electrons. The molecule has 1 amide bonds. The standard InChI is InChI=1S/C18H19NO3/c1-2-3-4-12-16(18(21)22)19-17(20)15-11-7-9-13-8-5-6-10-14(13)15/h2,5-11,16H,1,3-4,12H2,(H,19,20)(H,21,22)/t16-/m1/s1. The van der Waals surface area contributed by atoms with Gasteiger partial charge in [-0.3, -0.25) is 4.79 Å². The Morgan fingerprint density at radius 2 is 1.91 bits per heavy atom. The maximum atomic E-state index is 12.4. The number of carboxylic acids is 1. The largest absolute Gasteiger partial charge is 0.480 e. The summed E-state index contributed by atoms with van der Waals surface area (Å²) in [5, 5.41) is 13.6. The number of carbonyl (C=O) groups excluding carboxylic acids is 1. The number of amides is 1. The first kappa shape index (κ1) is 15.8. The summed E-state index contributed by atoms with van der Waals surface area (Å²) in [5.74, 6) is -1.37. The number of hydrogen-bond acceptors (Lipinski definition) is 2. The van der Waals surface area contributed by atoms with Gasteiger partial charge >= 0.3 is 5.97 Å². The Bertz CT molecular complexity index is 688. The fourth-order valence-electron chi connectivity index (χ4n) is 2.38. The van der Waals surface area contributed by atoms with Crippen LogP contribution in [0.2, 0.25) is 0 Å². The third-order valence-corrected chi connectivity index (χ3v) is 3.54. The molecule has 1 atom stereocenters. The van der Waals surface area contributed by atoms with Crippen molar-refractivity contribution in [3.8, 4) is 0 Å². The monoisotopic (exact) mass is 297 g/mol. The molecule has 0 aromatic heterocycles. The first-order valence-corrected chi connectivity index (χ1v) is 7.26. The number of allylic oxidation sites excluding steroid dienone is 1. The van der Waals surface area contributed by atoms with Gasteiger partial charge in [0.25, 0.3) is 5.91 Å². The van der Waals surface area contributed by atoms with E-state index in [0.29, 0.717) is 18.4 Å². The maximum absolute atomic E-state index is 12.4. The molecule has 4 heteroatoms. The summed E-state index contributed by atoms with van der Waals surface area (Å²) >= 11 is 0. The zero-order valence-electron chi connectivity index (χ0n) is 12.3. The van der Waals surface area contributed by atoms with E-state index in [-0.39, 0.29) is 5.91 Å². The fraction of sp³-hybridized carbons (Fsp3) is 0.222. The number of nitrogens with one attached hydrogen (secondary N) is 1. The molecule has 0 unspecified atom stereocenters. The van der Waals surface area contributed by atoms with E-state index < -0.39 is 12.0 Å². The van der Waals surface area contributed by atoms with Crippen LogP contribution in [0.5, 0.6) is 0 Å². The molecule has 2 rings (SSSR count). The minimum Gasteiger partial charge on any atom is -0.480 e. The number of unbranched alkanes of at least 4 members (excludes halogenated alkanes) is 1. The molecular formula is C18H19NO3. The van der Waals surface area contributed by atoms with Gasteiger partial charge in [-0.15, -0.1) is 6.58 Å². The lowest BCUT2D eigenvalue weighted by Crippen LogP contribution is -2.40. The Labute approximate surface area is 129 Å². The predicted molar refractivity (Wildman–Crippen MR) is 86.9 cm³/mol. The summed E-state index contributed by atoms with van der Waals surface area (Å²) in [7, 11) is 0. The summed E-state index contributed by atoms with van der Waals surface area (Å²) in [6.45, 7) is 3.61. The number of aliphatic carboxylic acids is 1. The van der Waals surface area contributed by atoms with E-state index in [1.807, 2.05) is 30.3 Å². The van der Waals surface area contributed by atoms with E-state index in [0.717, 1.165) is 17.2 Å². The van der Waals surface area contributed by atoms with E-state index in [1.165, 1.54) is 0 Å². The van der Waals surface area contributed by atoms with Gasteiger partial charge in [-0.25, -0.2) is 4.79 Å². The van der Waals surface area contributed by atoms with Gasteiger partial charge in [0, 0.05) is 5.56 Å².